The van der Waals surface area contributed by atoms with E-state index in [0.29, 0.717) is 18.8 Å². The fraction of sp³-hybridized carbons (Fsp3) is 0.562. The number of alkyl halides is 3. The molecular formula is C16H20F3NO3. The lowest BCUT2D eigenvalue weighted by atomic mass is 10.0. The van der Waals surface area contributed by atoms with E-state index < -0.39 is 18.1 Å². The lowest BCUT2D eigenvalue weighted by Crippen LogP contribution is -2.40. The molecular weight excluding hydrogens is 311 g/mol. The second-order valence-electron chi connectivity index (χ2n) is 5.51. The van der Waals surface area contributed by atoms with Gasteiger partial charge in [0, 0.05) is 6.61 Å². The van der Waals surface area contributed by atoms with Crippen LogP contribution >= 0.6 is 0 Å². The molecule has 1 N–H and O–H groups in total. The minimum absolute atomic E-state index is 0.0313. The van der Waals surface area contributed by atoms with Crippen molar-refractivity contribution >= 4 is 5.91 Å². The summed E-state index contributed by atoms with van der Waals surface area (Å²) in [5.74, 6) is -0.202. The van der Waals surface area contributed by atoms with Gasteiger partial charge in [-0.3, -0.25) is 4.79 Å². The minimum Gasteiger partial charge on any atom is -0.497 e. The van der Waals surface area contributed by atoms with Crippen molar-refractivity contribution in [3.63, 3.8) is 0 Å². The molecule has 0 bridgehead atoms. The summed E-state index contributed by atoms with van der Waals surface area (Å²) in [6, 6.07) is 3.43. The maximum absolute atomic E-state index is 13.2. The monoisotopic (exact) mass is 331 g/mol. The summed E-state index contributed by atoms with van der Waals surface area (Å²) in [6.45, 7) is 0.555. The highest BCUT2D eigenvalue weighted by molar-refractivity contribution is 5.77. The van der Waals surface area contributed by atoms with Gasteiger partial charge in [0.1, 0.15) is 5.75 Å². The van der Waals surface area contributed by atoms with E-state index in [1.54, 1.807) is 0 Å². The number of ether oxygens (including phenoxy) is 2. The molecule has 1 aromatic carbocycles. The zero-order valence-corrected chi connectivity index (χ0v) is 12.9. The van der Waals surface area contributed by atoms with Gasteiger partial charge in [-0.15, -0.1) is 0 Å². The number of benzene rings is 1. The first-order valence-corrected chi connectivity index (χ1v) is 7.52. The number of nitrogens with one attached hydrogen (secondary N) is 1. The Bertz CT molecular complexity index is 510. The van der Waals surface area contributed by atoms with E-state index in [9.17, 15) is 18.0 Å². The zero-order chi connectivity index (χ0) is 16.9. The Balaban J connectivity index is 2.04. The maximum atomic E-state index is 13.2. The van der Waals surface area contributed by atoms with Crippen molar-refractivity contribution in [2.45, 2.75) is 44.0 Å². The third-order valence-corrected chi connectivity index (χ3v) is 3.77. The zero-order valence-electron chi connectivity index (χ0n) is 12.9. The number of carbonyl (C=O) groups excluding carboxylic acids is 1. The molecule has 4 nitrogen and oxygen atoms in total. The van der Waals surface area contributed by atoms with E-state index in [2.05, 4.69) is 5.32 Å². The predicted octanol–water partition coefficient (Wildman–Crippen LogP) is 3.37. The summed E-state index contributed by atoms with van der Waals surface area (Å²) in [4.78, 5) is 11.9. The summed E-state index contributed by atoms with van der Waals surface area (Å²) in [5.41, 5.74) is -0.0313. The van der Waals surface area contributed by atoms with Gasteiger partial charge in [-0.2, -0.15) is 13.2 Å². The van der Waals surface area contributed by atoms with Gasteiger partial charge >= 0.3 is 6.18 Å². The van der Waals surface area contributed by atoms with Crippen LogP contribution in [0.5, 0.6) is 5.75 Å². The summed E-state index contributed by atoms with van der Waals surface area (Å²) >= 11 is 0. The van der Waals surface area contributed by atoms with Crippen LogP contribution in [0.2, 0.25) is 0 Å². The Labute approximate surface area is 133 Å². The quantitative estimate of drug-likeness (QED) is 0.900. The van der Waals surface area contributed by atoms with Gasteiger partial charge in [0.2, 0.25) is 5.91 Å². The molecule has 0 aliphatic carbocycles. The highest BCUT2D eigenvalue weighted by Crippen LogP contribution is 2.33. The van der Waals surface area contributed by atoms with Crippen molar-refractivity contribution in [2.24, 2.45) is 0 Å². The average molecular weight is 331 g/mol. The van der Waals surface area contributed by atoms with Crippen LogP contribution in [0.15, 0.2) is 24.3 Å². The number of rotatable bonds is 5. The molecule has 1 heterocycles. The minimum atomic E-state index is -4.57. The van der Waals surface area contributed by atoms with Gasteiger partial charge in [0.05, 0.1) is 19.6 Å². The van der Waals surface area contributed by atoms with Crippen LogP contribution in [0, 0.1) is 0 Å². The standard InChI is InChI=1S/C16H20F3NO3/c1-22-12-7-5-11(6-8-12)15(16(17,18)19)20-14(21)10-13-4-2-3-9-23-13/h5-8,13,15H,2-4,9-10H2,1H3,(H,20,21). The number of amides is 1. The van der Waals surface area contributed by atoms with Crippen LogP contribution < -0.4 is 10.1 Å². The van der Waals surface area contributed by atoms with E-state index in [4.69, 9.17) is 9.47 Å². The van der Waals surface area contributed by atoms with Gasteiger partial charge in [-0.1, -0.05) is 12.1 Å². The van der Waals surface area contributed by atoms with Crippen molar-refractivity contribution in [1.29, 1.82) is 0 Å². The Morgan fingerprint density at radius 1 is 1.35 bits per heavy atom. The van der Waals surface area contributed by atoms with E-state index in [0.717, 1.165) is 12.8 Å². The Hall–Kier alpha value is -1.76. The van der Waals surface area contributed by atoms with E-state index in [1.165, 1.54) is 31.4 Å². The van der Waals surface area contributed by atoms with Crippen LogP contribution in [-0.2, 0) is 9.53 Å². The van der Waals surface area contributed by atoms with Crippen LogP contribution in [0.3, 0.4) is 0 Å². The van der Waals surface area contributed by atoms with Crippen LogP contribution in [0.1, 0.15) is 37.3 Å². The normalized spacial score (nSPS) is 19.9. The van der Waals surface area contributed by atoms with Gasteiger partial charge in [-0.05, 0) is 37.0 Å². The number of methoxy groups -OCH3 is 1. The molecule has 0 saturated carbocycles. The lowest BCUT2D eigenvalue weighted by molar-refractivity contribution is -0.164. The molecule has 1 fully saturated rings. The first kappa shape index (κ1) is 17.6. The van der Waals surface area contributed by atoms with Gasteiger partial charge in [0.15, 0.2) is 6.04 Å². The van der Waals surface area contributed by atoms with E-state index in [1.807, 2.05) is 0 Å². The smallest absolute Gasteiger partial charge is 0.412 e. The molecule has 0 radical (unpaired) electrons. The first-order valence-electron chi connectivity index (χ1n) is 7.52. The maximum Gasteiger partial charge on any atom is 0.412 e. The molecule has 0 aromatic heterocycles. The van der Waals surface area contributed by atoms with Crippen molar-refractivity contribution in [3.8, 4) is 5.75 Å². The molecule has 1 saturated heterocycles. The van der Waals surface area contributed by atoms with Crippen molar-refractivity contribution < 1.29 is 27.4 Å². The predicted molar refractivity (Wildman–Crippen MR) is 78.1 cm³/mol. The van der Waals surface area contributed by atoms with Crippen LogP contribution in [0.4, 0.5) is 13.2 Å². The molecule has 128 valence electrons. The third kappa shape index (κ3) is 5.13. The number of halogens is 3. The second kappa shape index (κ2) is 7.68. The SMILES string of the molecule is COc1ccc(C(NC(=O)CC2CCCCO2)C(F)(F)F)cc1. The fourth-order valence-electron chi connectivity index (χ4n) is 2.55. The first-order chi connectivity index (χ1) is 10.9. The molecule has 2 unspecified atom stereocenters. The van der Waals surface area contributed by atoms with Crippen molar-refractivity contribution in [3.05, 3.63) is 29.8 Å². The molecule has 1 amide bonds. The Kier molecular flexibility index (Phi) is 5.87. The molecule has 1 aromatic rings. The Morgan fingerprint density at radius 2 is 2.04 bits per heavy atom. The summed E-state index contributed by atoms with van der Waals surface area (Å²) in [5, 5.41) is 2.07. The van der Waals surface area contributed by atoms with E-state index >= 15 is 0 Å². The second-order valence-corrected chi connectivity index (χ2v) is 5.51. The molecule has 2 atom stereocenters. The summed E-state index contributed by atoms with van der Waals surface area (Å²) in [7, 11) is 1.43. The molecule has 23 heavy (non-hydrogen) atoms. The Morgan fingerprint density at radius 3 is 2.57 bits per heavy atom. The fourth-order valence-corrected chi connectivity index (χ4v) is 2.55. The lowest BCUT2D eigenvalue weighted by Gasteiger charge is -2.25. The number of hydrogen-bond donors (Lipinski definition) is 1. The molecule has 0 spiro atoms. The van der Waals surface area contributed by atoms with Crippen molar-refractivity contribution in [2.75, 3.05) is 13.7 Å². The molecule has 1 aliphatic heterocycles. The van der Waals surface area contributed by atoms with Gasteiger partial charge in [-0.25, -0.2) is 0 Å². The summed E-state index contributed by atoms with van der Waals surface area (Å²) in [6.07, 6.45) is -2.37. The largest absolute Gasteiger partial charge is 0.497 e. The molecule has 7 heteroatoms. The van der Waals surface area contributed by atoms with Crippen LogP contribution in [0.25, 0.3) is 0 Å². The van der Waals surface area contributed by atoms with Gasteiger partial charge < -0.3 is 14.8 Å². The topological polar surface area (TPSA) is 47.6 Å². The highest BCUT2D eigenvalue weighted by atomic mass is 19.4. The number of carbonyl (C=O) groups is 1. The molecule has 2 rings (SSSR count). The van der Waals surface area contributed by atoms with Crippen LogP contribution in [-0.4, -0.2) is 31.9 Å². The third-order valence-electron chi connectivity index (χ3n) is 3.77. The molecule has 1 aliphatic rings. The van der Waals surface area contributed by atoms with Crippen molar-refractivity contribution in [1.82, 2.24) is 5.32 Å². The summed E-state index contributed by atoms with van der Waals surface area (Å²) < 4.78 is 50.1. The highest BCUT2D eigenvalue weighted by Gasteiger charge is 2.42. The average Bonchev–Trinajstić information content (AvgIpc) is 2.53. The number of hydrogen-bond acceptors (Lipinski definition) is 3. The van der Waals surface area contributed by atoms with E-state index in [-0.39, 0.29) is 18.1 Å². The van der Waals surface area contributed by atoms with Gasteiger partial charge in [0.25, 0.3) is 0 Å².